The highest BCUT2D eigenvalue weighted by Crippen LogP contribution is 2.31. The lowest BCUT2D eigenvalue weighted by Crippen LogP contribution is -2.26. The molecule has 1 atom stereocenters. The summed E-state index contributed by atoms with van der Waals surface area (Å²) in [7, 11) is 0. The molecule has 3 rings (SSSR count). The molecule has 2 N–H and O–H groups in total. The van der Waals surface area contributed by atoms with Gasteiger partial charge in [-0.2, -0.15) is 13.2 Å². The van der Waals surface area contributed by atoms with E-state index >= 15 is 0 Å². The lowest BCUT2D eigenvalue weighted by atomic mass is 10.1. The summed E-state index contributed by atoms with van der Waals surface area (Å²) in [6, 6.07) is 7.35. The summed E-state index contributed by atoms with van der Waals surface area (Å²) in [4.78, 5) is 6.34. The van der Waals surface area contributed by atoms with Gasteiger partial charge in [-0.15, -0.1) is 0 Å². The van der Waals surface area contributed by atoms with Crippen LogP contribution < -0.4 is 10.6 Å². The number of rotatable bonds is 1. The fourth-order valence-electron chi connectivity index (χ4n) is 2.45. The SMILES string of the molecule is N[C@@H]1CCN(c2ccc3ccc(C(F)(F)F)cc3n2)C1. The molecule has 0 radical (unpaired) electrons. The highest BCUT2D eigenvalue weighted by Gasteiger charge is 2.30. The minimum absolute atomic E-state index is 0.106. The molecule has 0 spiro atoms. The van der Waals surface area contributed by atoms with Gasteiger partial charge in [0, 0.05) is 24.5 Å². The van der Waals surface area contributed by atoms with Crippen molar-refractivity contribution in [2.24, 2.45) is 5.73 Å². The summed E-state index contributed by atoms with van der Waals surface area (Å²) in [5.74, 6) is 0.685. The van der Waals surface area contributed by atoms with E-state index in [-0.39, 0.29) is 6.04 Å². The average molecular weight is 281 g/mol. The minimum atomic E-state index is -4.35. The third-order valence-corrected chi connectivity index (χ3v) is 3.55. The Labute approximate surface area is 114 Å². The summed E-state index contributed by atoms with van der Waals surface area (Å²) in [5, 5.41) is 0.699. The second-order valence-corrected chi connectivity index (χ2v) is 5.07. The first-order chi connectivity index (χ1) is 9.43. The standard InChI is InChI=1S/C14H14F3N3/c15-14(16,17)10-3-1-9-2-4-13(19-12(9)7-10)20-6-5-11(18)8-20/h1-4,7,11H,5-6,8,18H2/t11-/m1/s1. The van der Waals surface area contributed by atoms with Crippen LogP contribution in [0.5, 0.6) is 0 Å². The van der Waals surface area contributed by atoms with Crippen molar-refractivity contribution in [2.75, 3.05) is 18.0 Å². The Hall–Kier alpha value is -1.82. The number of aromatic nitrogens is 1. The quantitative estimate of drug-likeness (QED) is 0.874. The fourth-order valence-corrected chi connectivity index (χ4v) is 2.45. The van der Waals surface area contributed by atoms with Crippen molar-refractivity contribution < 1.29 is 13.2 Å². The van der Waals surface area contributed by atoms with Crippen LogP contribution in [0.15, 0.2) is 30.3 Å². The highest BCUT2D eigenvalue weighted by molar-refractivity contribution is 5.81. The number of fused-ring (bicyclic) bond motifs is 1. The van der Waals surface area contributed by atoms with Crippen molar-refractivity contribution in [3.63, 3.8) is 0 Å². The molecule has 2 heterocycles. The topological polar surface area (TPSA) is 42.1 Å². The third-order valence-electron chi connectivity index (χ3n) is 3.55. The number of benzene rings is 1. The summed E-state index contributed by atoms with van der Waals surface area (Å²) in [6.45, 7) is 1.48. The van der Waals surface area contributed by atoms with Crippen molar-refractivity contribution in [1.82, 2.24) is 4.98 Å². The van der Waals surface area contributed by atoms with Crippen molar-refractivity contribution in [3.05, 3.63) is 35.9 Å². The molecule has 3 nitrogen and oxygen atoms in total. The van der Waals surface area contributed by atoms with Gasteiger partial charge in [0.05, 0.1) is 11.1 Å². The maximum atomic E-state index is 12.7. The summed E-state index contributed by atoms with van der Waals surface area (Å²) < 4.78 is 38.1. The largest absolute Gasteiger partial charge is 0.416 e. The summed E-state index contributed by atoms with van der Waals surface area (Å²) in [6.07, 6.45) is -3.47. The molecule has 0 aliphatic carbocycles. The van der Waals surface area contributed by atoms with Gasteiger partial charge in [0.25, 0.3) is 0 Å². The van der Waals surface area contributed by atoms with Crippen LogP contribution in [0.25, 0.3) is 10.9 Å². The lowest BCUT2D eigenvalue weighted by molar-refractivity contribution is -0.137. The zero-order chi connectivity index (χ0) is 14.3. The van der Waals surface area contributed by atoms with Gasteiger partial charge < -0.3 is 10.6 Å². The number of alkyl halides is 3. The zero-order valence-electron chi connectivity index (χ0n) is 10.7. The molecule has 1 aromatic heterocycles. The Kier molecular flexibility index (Phi) is 3.05. The van der Waals surface area contributed by atoms with Gasteiger partial charge in [-0.25, -0.2) is 4.98 Å². The van der Waals surface area contributed by atoms with E-state index in [1.807, 2.05) is 11.0 Å². The Morgan fingerprint density at radius 1 is 1.20 bits per heavy atom. The van der Waals surface area contributed by atoms with E-state index in [1.54, 1.807) is 6.07 Å². The van der Waals surface area contributed by atoms with Crippen LogP contribution in [0.2, 0.25) is 0 Å². The van der Waals surface area contributed by atoms with Crippen molar-refractivity contribution in [1.29, 1.82) is 0 Å². The smallest absolute Gasteiger partial charge is 0.355 e. The first-order valence-corrected chi connectivity index (χ1v) is 6.42. The Morgan fingerprint density at radius 3 is 2.60 bits per heavy atom. The maximum absolute atomic E-state index is 12.7. The normalized spacial score (nSPS) is 19.8. The number of halogens is 3. The van der Waals surface area contributed by atoms with E-state index in [4.69, 9.17) is 5.73 Å². The molecule has 0 saturated carbocycles. The summed E-state index contributed by atoms with van der Waals surface area (Å²) >= 11 is 0. The molecule has 106 valence electrons. The van der Waals surface area contributed by atoms with Crippen LogP contribution in [-0.2, 0) is 6.18 Å². The van der Waals surface area contributed by atoms with Crippen LogP contribution in [0.4, 0.5) is 19.0 Å². The van der Waals surface area contributed by atoms with Crippen molar-refractivity contribution in [2.45, 2.75) is 18.6 Å². The van der Waals surface area contributed by atoms with Gasteiger partial charge in [-0.3, -0.25) is 0 Å². The second kappa shape index (κ2) is 4.63. The minimum Gasteiger partial charge on any atom is -0.355 e. The zero-order valence-corrected chi connectivity index (χ0v) is 10.7. The van der Waals surface area contributed by atoms with Gasteiger partial charge in [0.15, 0.2) is 0 Å². The van der Waals surface area contributed by atoms with E-state index in [1.165, 1.54) is 6.07 Å². The molecule has 1 fully saturated rings. The molecule has 2 aromatic rings. The summed E-state index contributed by atoms with van der Waals surface area (Å²) in [5.41, 5.74) is 5.52. The predicted octanol–water partition coefficient (Wildman–Crippen LogP) is 2.79. The molecular weight excluding hydrogens is 267 g/mol. The Bertz CT molecular complexity index is 639. The Morgan fingerprint density at radius 2 is 1.95 bits per heavy atom. The van der Waals surface area contributed by atoms with Crippen LogP contribution in [0.1, 0.15) is 12.0 Å². The van der Waals surface area contributed by atoms with E-state index < -0.39 is 11.7 Å². The number of hydrogen-bond acceptors (Lipinski definition) is 3. The average Bonchev–Trinajstić information content (AvgIpc) is 2.83. The molecule has 0 amide bonds. The van der Waals surface area contributed by atoms with Gasteiger partial charge in [0.2, 0.25) is 0 Å². The number of hydrogen-bond donors (Lipinski definition) is 1. The fraction of sp³-hybridized carbons (Fsp3) is 0.357. The van der Waals surface area contributed by atoms with Gasteiger partial charge in [0.1, 0.15) is 5.82 Å². The van der Waals surface area contributed by atoms with Gasteiger partial charge in [-0.05, 0) is 30.7 Å². The maximum Gasteiger partial charge on any atom is 0.416 e. The van der Waals surface area contributed by atoms with Crippen molar-refractivity contribution in [3.8, 4) is 0 Å². The first-order valence-electron chi connectivity index (χ1n) is 6.42. The molecule has 1 aliphatic rings. The van der Waals surface area contributed by atoms with Crippen LogP contribution in [0, 0.1) is 0 Å². The third kappa shape index (κ3) is 2.43. The van der Waals surface area contributed by atoms with Gasteiger partial charge in [-0.1, -0.05) is 6.07 Å². The van der Waals surface area contributed by atoms with E-state index in [0.717, 1.165) is 25.1 Å². The Balaban J connectivity index is 2.01. The molecule has 1 saturated heterocycles. The number of pyridine rings is 1. The lowest BCUT2D eigenvalue weighted by Gasteiger charge is -2.17. The number of nitrogens with two attached hydrogens (primary N) is 1. The van der Waals surface area contributed by atoms with E-state index in [2.05, 4.69) is 4.98 Å². The van der Waals surface area contributed by atoms with Crippen molar-refractivity contribution >= 4 is 16.7 Å². The molecule has 0 unspecified atom stereocenters. The van der Waals surface area contributed by atoms with Gasteiger partial charge >= 0.3 is 6.18 Å². The number of anilines is 1. The van der Waals surface area contributed by atoms with E-state index in [0.29, 0.717) is 23.3 Å². The molecule has 6 heteroatoms. The van der Waals surface area contributed by atoms with Crippen LogP contribution >= 0.6 is 0 Å². The van der Waals surface area contributed by atoms with Crippen LogP contribution in [0.3, 0.4) is 0 Å². The predicted molar refractivity (Wildman–Crippen MR) is 71.6 cm³/mol. The molecule has 1 aliphatic heterocycles. The molecular formula is C14H14F3N3. The number of nitrogens with zero attached hydrogens (tertiary/aromatic N) is 2. The molecule has 0 bridgehead atoms. The molecule has 1 aromatic carbocycles. The molecule has 20 heavy (non-hydrogen) atoms. The monoisotopic (exact) mass is 281 g/mol. The highest BCUT2D eigenvalue weighted by atomic mass is 19.4. The first kappa shape index (κ1) is 13.2. The van der Waals surface area contributed by atoms with Crippen LogP contribution in [-0.4, -0.2) is 24.1 Å². The second-order valence-electron chi connectivity index (χ2n) is 5.07. The van der Waals surface area contributed by atoms with E-state index in [9.17, 15) is 13.2 Å².